The maximum atomic E-state index is 13.0. The summed E-state index contributed by atoms with van der Waals surface area (Å²) in [5, 5.41) is 0. The Morgan fingerprint density at radius 1 is 1.29 bits per heavy atom. The molecule has 0 aromatic heterocycles. The standard InChI is InChI=1S/C8H5F4NO/c9-7-4(3-14)6(13)2-1-5(7)8(10,11)12/h1-3H,13H2. The van der Waals surface area contributed by atoms with Gasteiger partial charge in [0, 0.05) is 5.69 Å². The van der Waals surface area contributed by atoms with Crippen molar-refractivity contribution in [3.8, 4) is 0 Å². The molecule has 76 valence electrons. The molecule has 1 aromatic carbocycles. The van der Waals surface area contributed by atoms with Gasteiger partial charge in [0.2, 0.25) is 0 Å². The molecule has 0 bridgehead atoms. The van der Waals surface area contributed by atoms with E-state index < -0.39 is 23.1 Å². The molecule has 0 aliphatic carbocycles. The first kappa shape index (κ1) is 10.5. The van der Waals surface area contributed by atoms with Gasteiger partial charge in [0.05, 0.1) is 11.1 Å². The summed E-state index contributed by atoms with van der Waals surface area (Å²) in [5.41, 5.74) is 2.54. The van der Waals surface area contributed by atoms with Crippen LogP contribution in [-0.4, -0.2) is 6.29 Å². The average Bonchev–Trinajstić information content (AvgIpc) is 2.02. The van der Waals surface area contributed by atoms with Crippen molar-refractivity contribution >= 4 is 12.0 Å². The Kier molecular flexibility index (Phi) is 2.46. The van der Waals surface area contributed by atoms with Crippen molar-refractivity contribution in [2.24, 2.45) is 0 Å². The molecule has 1 aromatic rings. The molecule has 0 amide bonds. The van der Waals surface area contributed by atoms with Crippen molar-refractivity contribution in [2.75, 3.05) is 5.73 Å². The minimum absolute atomic E-state index is 0.0418. The molecule has 0 aliphatic rings. The molecule has 0 radical (unpaired) electrons. The molecule has 0 saturated heterocycles. The molecule has 1 rings (SSSR count). The Morgan fingerprint density at radius 2 is 1.86 bits per heavy atom. The number of hydrogen-bond donors (Lipinski definition) is 1. The third kappa shape index (κ3) is 1.68. The Hall–Kier alpha value is -1.59. The van der Waals surface area contributed by atoms with E-state index in [9.17, 15) is 22.4 Å². The number of rotatable bonds is 1. The van der Waals surface area contributed by atoms with Crippen molar-refractivity contribution < 1.29 is 22.4 Å². The maximum Gasteiger partial charge on any atom is 0.419 e. The van der Waals surface area contributed by atoms with E-state index in [4.69, 9.17) is 5.73 Å². The molecule has 14 heavy (non-hydrogen) atoms. The number of aldehydes is 1. The van der Waals surface area contributed by atoms with Gasteiger partial charge in [-0.25, -0.2) is 4.39 Å². The number of hydrogen-bond acceptors (Lipinski definition) is 2. The molecule has 0 unspecified atom stereocenters. The number of alkyl halides is 3. The quantitative estimate of drug-likeness (QED) is 0.436. The lowest BCUT2D eigenvalue weighted by Gasteiger charge is -2.09. The first-order valence-corrected chi connectivity index (χ1v) is 3.48. The maximum absolute atomic E-state index is 13.0. The summed E-state index contributed by atoms with van der Waals surface area (Å²) in [7, 11) is 0. The van der Waals surface area contributed by atoms with Crippen LogP contribution in [0.1, 0.15) is 15.9 Å². The highest BCUT2D eigenvalue weighted by molar-refractivity contribution is 5.84. The topological polar surface area (TPSA) is 43.1 Å². The molecule has 6 heteroatoms. The van der Waals surface area contributed by atoms with Gasteiger partial charge in [-0.3, -0.25) is 4.79 Å². The molecule has 0 atom stereocenters. The van der Waals surface area contributed by atoms with Gasteiger partial charge in [-0.1, -0.05) is 0 Å². The van der Waals surface area contributed by atoms with Crippen LogP contribution in [0.5, 0.6) is 0 Å². The van der Waals surface area contributed by atoms with Crippen molar-refractivity contribution in [3.05, 3.63) is 29.1 Å². The van der Waals surface area contributed by atoms with E-state index in [2.05, 4.69) is 0 Å². The second-order valence-corrected chi connectivity index (χ2v) is 2.55. The summed E-state index contributed by atoms with van der Waals surface area (Å²) in [6.07, 6.45) is -4.87. The van der Waals surface area contributed by atoms with E-state index in [0.29, 0.717) is 6.07 Å². The lowest BCUT2D eigenvalue weighted by molar-refractivity contribution is -0.140. The number of carbonyl (C=O) groups is 1. The predicted octanol–water partition coefficient (Wildman–Crippen LogP) is 2.24. The second-order valence-electron chi connectivity index (χ2n) is 2.55. The van der Waals surface area contributed by atoms with Crippen LogP contribution in [0.15, 0.2) is 12.1 Å². The van der Waals surface area contributed by atoms with E-state index in [1.165, 1.54) is 0 Å². The lowest BCUT2D eigenvalue weighted by atomic mass is 10.1. The zero-order chi connectivity index (χ0) is 10.9. The first-order valence-electron chi connectivity index (χ1n) is 3.48. The monoisotopic (exact) mass is 207 g/mol. The Balaban J connectivity index is 3.43. The van der Waals surface area contributed by atoms with Gasteiger partial charge >= 0.3 is 6.18 Å². The highest BCUT2D eigenvalue weighted by Gasteiger charge is 2.35. The summed E-state index contributed by atoms with van der Waals surface area (Å²) < 4.78 is 49.3. The van der Waals surface area contributed by atoms with Crippen molar-refractivity contribution in [3.63, 3.8) is 0 Å². The summed E-state index contributed by atoms with van der Waals surface area (Å²) in [4.78, 5) is 10.2. The van der Waals surface area contributed by atoms with E-state index in [1.54, 1.807) is 0 Å². The fourth-order valence-corrected chi connectivity index (χ4v) is 0.947. The van der Waals surface area contributed by atoms with Crippen LogP contribution in [0.4, 0.5) is 23.2 Å². The van der Waals surface area contributed by atoms with Crippen LogP contribution in [-0.2, 0) is 6.18 Å². The van der Waals surface area contributed by atoms with Crippen LogP contribution in [0, 0.1) is 5.82 Å². The van der Waals surface area contributed by atoms with Gasteiger partial charge in [0.1, 0.15) is 5.82 Å². The minimum Gasteiger partial charge on any atom is -0.398 e. The second kappa shape index (κ2) is 3.28. The summed E-state index contributed by atoms with van der Waals surface area (Å²) in [6, 6.07) is 1.34. The summed E-state index contributed by atoms with van der Waals surface area (Å²) in [5.74, 6) is -1.63. The molecule has 0 fully saturated rings. The Morgan fingerprint density at radius 3 is 2.29 bits per heavy atom. The minimum atomic E-state index is -4.82. The summed E-state index contributed by atoms with van der Waals surface area (Å²) in [6.45, 7) is 0. The van der Waals surface area contributed by atoms with Crippen LogP contribution < -0.4 is 5.73 Å². The summed E-state index contributed by atoms with van der Waals surface area (Å²) >= 11 is 0. The molecule has 0 saturated carbocycles. The third-order valence-electron chi connectivity index (χ3n) is 1.64. The van der Waals surface area contributed by atoms with Gasteiger partial charge in [-0.15, -0.1) is 0 Å². The highest BCUT2D eigenvalue weighted by Crippen LogP contribution is 2.33. The fourth-order valence-electron chi connectivity index (χ4n) is 0.947. The van der Waals surface area contributed by atoms with E-state index in [-0.39, 0.29) is 12.0 Å². The van der Waals surface area contributed by atoms with Gasteiger partial charge in [0.15, 0.2) is 6.29 Å². The van der Waals surface area contributed by atoms with Gasteiger partial charge in [0.25, 0.3) is 0 Å². The molecular formula is C8H5F4NO. The van der Waals surface area contributed by atoms with E-state index in [0.717, 1.165) is 6.07 Å². The molecule has 2 N–H and O–H groups in total. The van der Waals surface area contributed by atoms with E-state index >= 15 is 0 Å². The zero-order valence-corrected chi connectivity index (χ0v) is 6.73. The number of carbonyl (C=O) groups excluding carboxylic acids is 1. The SMILES string of the molecule is Nc1ccc(C(F)(F)F)c(F)c1C=O. The smallest absolute Gasteiger partial charge is 0.398 e. The van der Waals surface area contributed by atoms with Crippen molar-refractivity contribution in [1.29, 1.82) is 0 Å². The largest absolute Gasteiger partial charge is 0.419 e. The number of nitrogens with two attached hydrogens (primary N) is 1. The number of nitrogen functional groups attached to an aromatic ring is 1. The third-order valence-corrected chi connectivity index (χ3v) is 1.64. The number of anilines is 1. The van der Waals surface area contributed by atoms with Crippen molar-refractivity contribution in [1.82, 2.24) is 0 Å². The van der Waals surface area contributed by atoms with E-state index in [1.807, 2.05) is 0 Å². The predicted molar refractivity (Wildman–Crippen MR) is 41.2 cm³/mol. The number of benzene rings is 1. The van der Waals surface area contributed by atoms with Gasteiger partial charge in [-0.05, 0) is 12.1 Å². The average molecular weight is 207 g/mol. The lowest BCUT2D eigenvalue weighted by Crippen LogP contribution is -2.11. The van der Waals surface area contributed by atoms with Gasteiger partial charge < -0.3 is 5.73 Å². The molecular weight excluding hydrogens is 202 g/mol. The molecule has 0 aliphatic heterocycles. The molecule has 2 nitrogen and oxygen atoms in total. The van der Waals surface area contributed by atoms with Crippen LogP contribution >= 0.6 is 0 Å². The fraction of sp³-hybridized carbons (Fsp3) is 0.125. The van der Waals surface area contributed by atoms with Crippen LogP contribution in [0.3, 0.4) is 0 Å². The first-order chi connectivity index (χ1) is 6.38. The zero-order valence-electron chi connectivity index (χ0n) is 6.73. The molecule has 0 heterocycles. The Labute approximate surface area is 76.3 Å². The van der Waals surface area contributed by atoms with Crippen LogP contribution in [0.2, 0.25) is 0 Å². The number of halogens is 4. The normalized spacial score (nSPS) is 11.4. The van der Waals surface area contributed by atoms with Gasteiger partial charge in [-0.2, -0.15) is 13.2 Å². The Bertz CT molecular complexity index is 372. The highest BCUT2D eigenvalue weighted by atomic mass is 19.4. The van der Waals surface area contributed by atoms with Crippen molar-refractivity contribution in [2.45, 2.75) is 6.18 Å². The molecule has 0 spiro atoms. The van der Waals surface area contributed by atoms with Crippen LogP contribution in [0.25, 0.3) is 0 Å².